The van der Waals surface area contributed by atoms with Gasteiger partial charge in [0.2, 0.25) is 0 Å². The van der Waals surface area contributed by atoms with Crippen LogP contribution < -0.4 is 15.6 Å². The molecule has 0 fully saturated rings. The zero-order chi connectivity index (χ0) is 15.4. The van der Waals surface area contributed by atoms with E-state index < -0.39 is 0 Å². The van der Waals surface area contributed by atoms with Gasteiger partial charge in [-0.2, -0.15) is 0 Å². The van der Waals surface area contributed by atoms with Crippen LogP contribution in [0.1, 0.15) is 22.4 Å². The molecule has 21 heavy (non-hydrogen) atoms. The molecule has 0 unspecified atom stereocenters. The van der Waals surface area contributed by atoms with E-state index in [2.05, 4.69) is 15.5 Å². The Labute approximate surface area is 122 Å². The van der Waals surface area contributed by atoms with Gasteiger partial charge in [0.15, 0.2) is 6.61 Å². The van der Waals surface area contributed by atoms with Gasteiger partial charge in [-0.3, -0.25) is 14.7 Å². The van der Waals surface area contributed by atoms with E-state index in [4.69, 9.17) is 4.74 Å². The number of aryl methyl sites for hydroxylation is 2. The number of aromatic amines is 2. The summed E-state index contributed by atoms with van der Waals surface area (Å²) in [6.07, 6.45) is 0. The Balaban J connectivity index is 1.89. The third-order valence-electron chi connectivity index (χ3n) is 3.35. The molecule has 1 aromatic carbocycles. The van der Waals surface area contributed by atoms with Gasteiger partial charge in [0.1, 0.15) is 5.75 Å². The first kappa shape index (κ1) is 14.9. The average Bonchev–Trinajstić information content (AvgIpc) is 2.86. The van der Waals surface area contributed by atoms with Crippen LogP contribution in [-0.4, -0.2) is 22.7 Å². The molecule has 0 bridgehead atoms. The van der Waals surface area contributed by atoms with Crippen LogP contribution in [0.5, 0.6) is 5.75 Å². The Bertz CT molecular complexity index is 700. The molecule has 6 nitrogen and oxygen atoms in total. The largest absolute Gasteiger partial charge is 0.483 e. The summed E-state index contributed by atoms with van der Waals surface area (Å²) in [5.74, 6) is 0.512. The first-order valence-electron chi connectivity index (χ1n) is 6.70. The molecule has 0 saturated carbocycles. The fourth-order valence-corrected chi connectivity index (χ4v) is 2.00. The second-order valence-corrected chi connectivity index (χ2v) is 5.00. The molecule has 0 aliphatic carbocycles. The Hall–Kier alpha value is -2.50. The van der Waals surface area contributed by atoms with Gasteiger partial charge in [-0.25, -0.2) is 0 Å². The van der Waals surface area contributed by atoms with Crippen LogP contribution in [0, 0.1) is 20.8 Å². The summed E-state index contributed by atoms with van der Waals surface area (Å²) < 4.78 is 5.61. The van der Waals surface area contributed by atoms with E-state index in [1.54, 1.807) is 0 Å². The quantitative estimate of drug-likeness (QED) is 0.776. The van der Waals surface area contributed by atoms with Gasteiger partial charge in [-0.1, -0.05) is 12.1 Å². The van der Waals surface area contributed by atoms with Crippen LogP contribution >= 0.6 is 0 Å². The van der Waals surface area contributed by atoms with E-state index in [0.29, 0.717) is 5.69 Å². The van der Waals surface area contributed by atoms with Crippen LogP contribution in [0.2, 0.25) is 0 Å². The molecular weight excluding hydrogens is 270 g/mol. The summed E-state index contributed by atoms with van der Waals surface area (Å²) in [6.45, 7) is 6.13. The first-order chi connectivity index (χ1) is 9.97. The second kappa shape index (κ2) is 6.30. The summed E-state index contributed by atoms with van der Waals surface area (Å²) in [5.41, 5.74) is 3.57. The fourth-order valence-electron chi connectivity index (χ4n) is 2.00. The van der Waals surface area contributed by atoms with Crippen molar-refractivity contribution in [3.63, 3.8) is 0 Å². The van der Waals surface area contributed by atoms with Crippen LogP contribution in [-0.2, 0) is 11.3 Å². The lowest BCUT2D eigenvalue weighted by Gasteiger charge is -2.13. The Morgan fingerprint density at radius 2 is 1.90 bits per heavy atom. The lowest BCUT2D eigenvalue weighted by atomic mass is 10.1. The number of rotatable bonds is 5. The second-order valence-electron chi connectivity index (χ2n) is 5.00. The zero-order valence-corrected chi connectivity index (χ0v) is 12.4. The number of ether oxygens (including phenoxy) is 1. The van der Waals surface area contributed by atoms with Gasteiger partial charge in [0, 0.05) is 6.07 Å². The van der Waals surface area contributed by atoms with Gasteiger partial charge in [-0.05, 0) is 37.5 Å². The molecule has 112 valence electrons. The molecule has 1 amide bonds. The van der Waals surface area contributed by atoms with Crippen molar-refractivity contribution in [2.45, 2.75) is 27.3 Å². The van der Waals surface area contributed by atoms with Crippen molar-refractivity contribution in [1.29, 1.82) is 0 Å². The molecule has 0 aliphatic heterocycles. The molecule has 6 heteroatoms. The standard InChI is InChI=1S/C15H19N3O3/c1-9-4-5-10(2)15(11(9)3)21-8-14(20)16-7-12-6-13(19)18-17-12/h4-6H,7-8H2,1-3H3,(H,16,20)(H2,17,18,19). The van der Waals surface area contributed by atoms with E-state index in [1.165, 1.54) is 6.07 Å². The van der Waals surface area contributed by atoms with Crippen molar-refractivity contribution in [3.05, 3.63) is 50.9 Å². The summed E-state index contributed by atoms with van der Waals surface area (Å²) in [4.78, 5) is 22.7. The van der Waals surface area contributed by atoms with Crippen LogP contribution in [0.4, 0.5) is 0 Å². The van der Waals surface area contributed by atoms with Crippen LogP contribution in [0.25, 0.3) is 0 Å². The summed E-state index contributed by atoms with van der Waals surface area (Å²) in [6, 6.07) is 5.40. The summed E-state index contributed by atoms with van der Waals surface area (Å²) in [5, 5.41) is 7.76. The fraction of sp³-hybridized carbons (Fsp3) is 0.333. The number of hydrogen-bond donors (Lipinski definition) is 3. The van der Waals surface area contributed by atoms with E-state index in [-0.39, 0.29) is 24.6 Å². The number of carbonyl (C=O) groups excluding carboxylic acids is 1. The van der Waals surface area contributed by atoms with E-state index in [0.717, 1.165) is 22.4 Å². The predicted molar refractivity (Wildman–Crippen MR) is 79.4 cm³/mol. The maximum absolute atomic E-state index is 11.8. The molecule has 2 rings (SSSR count). The molecule has 3 N–H and O–H groups in total. The van der Waals surface area contributed by atoms with Gasteiger partial charge < -0.3 is 15.2 Å². The topological polar surface area (TPSA) is 87.0 Å². The molecular formula is C15H19N3O3. The maximum atomic E-state index is 11.8. The highest BCUT2D eigenvalue weighted by Gasteiger charge is 2.09. The molecule has 2 aromatic rings. The highest BCUT2D eigenvalue weighted by molar-refractivity contribution is 5.77. The highest BCUT2D eigenvalue weighted by Crippen LogP contribution is 2.25. The Kier molecular flexibility index (Phi) is 4.47. The van der Waals surface area contributed by atoms with Crippen molar-refractivity contribution in [3.8, 4) is 5.75 Å². The number of aromatic nitrogens is 2. The number of nitrogens with one attached hydrogen (secondary N) is 3. The molecule has 1 heterocycles. The minimum Gasteiger partial charge on any atom is -0.483 e. The minimum absolute atomic E-state index is 0.0558. The lowest BCUT2D eigenvalue weighted by Crippen LogP contribution is -2.28. The molecule has 1 aromatic heterocycles. The van der Waals surface area contributed by atoms with Crippen molar-refractivity contribution in [1.82, 2.24) is 15.5 Å². The normalized spacial score (nSPS) is 10.4. The first-order valence-corrected chi connectivity index (χ1v) is 6.70. The minimum atomic E-state index is -0.239. The van der Waals surface area contributed by atoms with Crippen molar-refractivity contribution in [2.75, 3.05) is 6.61 Å². The lowest BCUT2D eigenvalue weighted by molar-refractivity contribution is -0.123. The number of H-pyrrole nitrogens is 2. The smallest absolute Gasteiger partial charge is 0.264 e. The number of hydrogen-bond acceptors (Lipinski definition) is 3. The summed E-state index contributed by atoms with van der Waals surface area (Å²) >= 11 is 0. The number of amides is 1. The van der Waals surface area contributed by atoms with Crippen molar-refractivity contribution in [2.24, 2.45) is 0 Å². The van der Waals surface area contributed by atoms with Crippen molar-refractivity contribution < 1.29 is 9.53 Å². The van der Waals surface area contributed by atoms with Crippen LogP contribution in [0.15, 0.2) is 23.0 Å². The molecule has 0 aliphatic rings. The number of benzene rings is 1. The van der Waals surface area contributed by atoms with E-state index in [1.807, 2.05) is 32.9 Å². The molecule has 0 saturated heterocycles. The average molecular weight is 289 g/mol. The molecule has 0 atom stereocenters. The predicted octanol–water partition coefficient (Wildman–Crippen LogP) is 1.32. The van der Waals surface area contributed by atoms with Crippen LogP contribution in [0.3, 0.4) is 0 Å². The highest BCUT2D eigenvalue weighted by atomic mass is 16.5. The maximum Gasteiger partial charge on any atom is 0.264 e. The zero-order valence-electron chi connectivity index (χ0n) is 12.4. The number of carbonyl (C=O) groups is 1. The van der Waals surface area contributed by atoms with Gasteiger partial charge in [-0.15, -0.1) is 0 Å². The molecule has 0 radical (unpaired) electrons. The van der Waals surface area contributed by atoms with E-state index in [9.17, 15) is 9.59 Å². The third-order valence-corrected chi connectivity index (χ3v) is 3.35. The molecule has 0 spiro atoms. The SMILES string of the molecule is Cc1ccc(C)c(OCC(=O)NCc2cc(=O)[nH][nH]2)c1C. The van der Waals surface area contributed by atoms with Gasteiger partial charge >= 0.3 is 0 Å². The Morgan fingerprint density at radius 3 is 2.57 bits per heavy atom. The summed E-state index contributed by atoms with van der Waals surface area (Å²) in [7, 11) is 0. The van der Waals surface area contributed by atoms with E-state index >= 15 is 0 Å². The van der Waals surface area contributed by atoms with Crippen molar-refractivity contribution >= 4 is 5.91 Å². The van der Waals surface area contributed by atoms with Gasteiger partial charge in [0.25, 0.3) is 11.5 Å². The Morgan fingerprint density at radius 1 is 1.19 bits per heavy atom. The van der Waals surface area contributed by atoms with Gasteiger partial charge in [0.05, 0.1) is 12.2 Å². The monoisotopic (exact) mass is 289 g/mol. The third kappa shape index (κ3) is 3.75.